The quantitative estimate of drug-likeness (QED) is 0.918. The van der Waals surface area contributed by atoms with Crippen LogP contribution in [0.5, 0.6) is 11.5 Å². The highest BCUT2D eigenvalue weighted by molar-refractivity contribution is 9.10. The molecule has 0 amide bonds. The Morgan fingerprint density at radius 2 is 1.95 bits per heavy atom. The van der Waals surface area contributed by atoms with Gasteiger partial charge in [-0.15, -0.1) is 0 Å². The predicted molar refractivity (Wildman–Crippen MR) is 72.6 cm³/mol. The van der Waals surface area contributed by atoms with Gasteiger partial charge in [0.25, 0.3) is 0 Å². The number of fused-ring (bicyclic) bond motifs is 1. The van der Waals surface area contributed by atoms with E-state index in [9.17, 15) is 4.39 Å². The maximum Gasteiger partial charge on any atom is 0.166 e. The maximum absolute atomic E-state index is 13.7. The van der Waals surface area contributed by atoms with Crippen molar-refractivity contribution in [3.05, 3.63) is 40.8 Å². The van der Waals surface area contributed by atoms with Gasteiger partial charge in [0, 0.05) is 22.4 Å². The molecule has 1 N–H and O–H groups in total. The summed E-state index contributed by atoms with van der Waals surface area (Å²) in [5.41, 5.74) is 0.693. The van der Waals surface area contributed by atoms with Crippen molar-refractivity contribution in [1.82, 2.24) is 4.98 Å². The minimum Gasteiger partial charge on any atom is -0.486 e. The molecule has 1 aromatic heterocycles. The van der Waals surface area contributed by atoms with Crippen LogP contribution >= 0.6 is 15.9 Å². The first-order chi connectivity index (χ1) is 9.22. The second-order valence-electron chi connectivity index (χ2n) is 3.97. The molecule has 1 aromatic carbocycles. The standard InChI is InChI=1S/C13H10BrFN2O2/c14-8-5-10(15)13(16-7-8)17-9-1-2-11-12(6-9)19-4-3-18-11/h1-2,5-7H,3-4H2,(H,16,17). The summed E-state index contributed by atoms with van der Waals surface area (Å²) < 4.78 is 25.1. The Kier molecular flexibility index (Phi) is 3.25. The van der Waals surface area contributed by atoms with E-state index < -0.39 is 5.82 Å². The van der Waals surface area contributed by atoms with Gasteiger partial charge in [-0.05, 0) is 34.1 Å². The zero-order chi connectivity index (χ0) is 13.2. The Labute approximate surface area is 117 Å². The molecule has 0 aliphatic carbocycles. The normalized spacial score (nSPS) is 13.2. The fourth-order valence-corrected chi connectivity index (χ4v) is 2.07. The van der Waals surface area contributed by atoms with Gasteiger partial charge in [0.1, 0.15) is 13.2 Å². The van der Waals surface area contributed by atoms with Gasteiger partial charge >= 0.3 is 0 Å². The van der Waals surface area contributed by atoms with Gasteiger partial charge < -0.3 is 14.8 Å². The molecule has 2 heterocycles. The third-order valence-corrected chi connectivity index (χ3v) is 3.05. The van der Waals surface area contributed by atoms with Crippen LogP contribution < -0.4 is 14.8 Å². The maximum atomic E-state index is 13.7. The number of ether oxygens (including phenoxy) is 2. The van der Waals surface area contributed by atoms with Crippen molar-refractivity contribution >= 4 is 27.4 Å². The van der Waals surface area contributed by atoms with Gasteiger partial charge in [0.15, 0.2) is 23.1 Å². The summed E-state index contributed by atoms with van der Waals surface area (Å²) in [6.07, 6.45) is 1.53. The molecule has 6 heteroatoms. The Balaban J connectivity index is 1.87. The lowest BCUT2D eigenvalue weighted by Crippen LogP contribution is -2.15. The Morgan fingerprint density at radius 3 is 2.74 bits per heavy atom. The second-order valence-corrected chi connectivity index (χ2v) is 4.88. The second kappa shape index (κ2) is 5.05. The molecule has 0 saturated heterocycles. The van der Waals surface area contributed by atoms with Gasteiger partial charge in [-0.2, -0.15) is 0 Å². The number of nitrogens with zero attached hydrogens (tertiary/aromatic N) is 1. The number of nitrogens with one attached hydrogen (secondary N) is 1. The largest absolute Gasteiger partial charge is 0.486 e. The van der Waals surface area contributed by atoms with Crippen LogP contribution in [0.15, 0.2) is 34.9 Å². The summed E-state index contributed by atoms with van der Waals surface area (Å²) >= 11 is 3.16. The molecule has 2 aromatic rings. The van der Waals surface area contributed by atoms with Crippen LogP contribution in [0.3, 0.4) is 0 Å². The van der Waals surface area contributed by atoms with Crippen LogP contribution in [0.1, 0.15) is 0 Å². The summed E-state index contributed by atoms with van der Waals surface area (Å²) in [5, 5.41) is 2.91. The Hall–Kier alpha value is -1.82. The van der Waals surface area contributed by atoms with E-state index in [1.54, 1.807) is 18.2 Å². The summed E-state index contributed by atoms with van der Waals surface area (Å²) in [6, 6.07) is 6.69. The Bertz CT molecular complexity index is 622. The van der Waals surface area contributed by atoms with Crippen LogP contribution in [0.2, 0.25) is 0 Å². The highest BCUT2D eigenvalue weighted by Gasteiger charge is 2.12. The van der Waals surface area contributed by atoms with Crippen molar-refractivity contribution in [3.63, 3.8) is 0 Å². The molecule has 4 nitrogen and oxygen atoms in total. The average Bonchev–Trinajstić information content (AvgIpc) is 2.42. The molecule has 0 saturated carbocycles. The number of hydrogen-bond acceptors (Lipinski definition) is 4. The molecule has 0 unspecified atom stereocenters. The van der Waals surface area contributed by atoms with Crippen LogP contribution in [0.25, 0.3) is 0 Å². The highest BCUT2D eigenvalue weighted by atomic mass is 79.9. The van der Waals surface area contributed by atoms with Gasteiger partial charge in [-0.25, -0.2) is 9.37 Å². The SMILES string of the molecule is Fc1cc(Br)cnc1Nc1ccc2c(c1)OCCO2. The predicted octanol–water partition coefficient (Wildman–Crippen LogP) is 3.50. The van der Waals surface area contributed by atoms with Crippen molar-refractivity contribution in [2.45, 2.75) is 0 Å². The van der Waals surface area contributed by atoms with Crippen molar-refractivity contribution < 1.29 is 13.9 Å². The number of pyridine rings is 1. The molecule has 0 atom stereocenters. The number of anilines is 2. The smallest absolute Gasteiger partial charge is 0.166 e. The van der Waals surface area contributed by atoms with Gasteiger partial charge in [0.05, 0.1) is 0 Å². The molecule has 0 radical (unpaired) electrons. The van der Waals surface area contributed by atoms with E-state index in [1.165, 1.54) is 12.3 Å². The first kappa shape index (κ1) is 12.2. The molecule has 1 aliphatic rings. The third kappa shape index (κ3) is 2.63. The molecule has 0 bridgehead atoms. The van der Waals surface area contributed by atoms with Crippen molar-refractivity contribution in [2.24, 2.45) is 0 Å². The number of rotatable bonds is 2. The first-order valence-electron chi connectivity index (χ1n) is 5.70. The lowest BCUT2D eigenvalue weighted by Gasteiger charge is -2.19. The summed E-state index contributed by atoms with van der Waals surface area (Å²) in [6.45, 7) is 1.06. The average molecular weight is 325 g/mol. The number of halogens is 2. The minimum absolute atomic E-state index is 0.167. The van der Waals surface area contributed by atoms with E-state index in [0.717, 1.165) is 0 Å². The summed E-state index contributed by atoms with van der Waals surface area (Å²) in [4.78, 5) is 3.98. The van der Waals surface area contributed by atoms with Crippen LogP contribution in [-0.2, 0) is 0 Å². The molecular weight excluding hydrogens is 315 g/mol. The number of aromatic nitrogens is 1. The monoisotopic (exact) mass is 324 g/mol. The number of hydrogen-bond donors (Lipinski definition) is 1. The molecule has 3 rings (SSSR count). The highest BCUT2D eigenvalue weighted by Crippen LogP contribution is 2.33. The van der Waals surface area contributed by atoms with Gasteiger partial charge in [-0.3, -0.25) is 0 Å². The lowest BCUT2D eigenvalue weighted by atomic mass is 10.2. The van der Waals surface area contributed by atoms with Crippen molar-refractivity contribution in [1.29, 1.82) is 0 Å². The van der Waals surface area contributed by atoms with E-state index in [2.05, 4.69) is 26.2 Å². The number of benzene rings is 1. The van der Waals surface area contributed by atoms with Crippen molar-refractivity contribution in [2.75, 3.05) is 18.5 Å². The van der Waals surface area contributed by atoms with Crippen LogP contribution in [0, 0.1) is 5.82 Å². The van der Waals surface area contributed by atoms with Crippen LogP contribution in [0.4, 0.5) is 15.9 Å². The molecule has 0 fully saturated rings. The van der Waals surface area contributed by atoms with E-state index in [-0.39, 0.29) is 5.82 Å². The lowest BCUT2D eigenvalue weighted by molar-refractivity contribution is 0.171. The molecule has 0 spiro atoms. The van der Waals surface area contributed by atoms with Gasteiger partial charge in [0.2, 0.25) is 0 Å². The zero-order valence-electron chi connectivity index (χ0n) is 9.82. The fraction of sp³-hybridized carbons (Fsp3) is 0.154. The van der Waals surface area contributed by atoms with E-state index >= 15 is 0 Å². The first-order valence-corrected chi connectivity index (χ1v) is 6.49. The molecule has 98 valence electrons. The fourth-order valence-electron chi connectivity index (χ4n) is 1.76. The molecule has 1 aliphatic heterocycles. The third-order valence-electron chi connectivity index (χ3n) is 2.61. The summed E-state index contributed by atoms with van der Waals surface area (Å²) in [5.74, 6) is 1.08. The van der Waals surface area contributed by atoms with E-state index in [0.29, 0.717) is 34.9 Å². The molecule has 19 heavy (non-hydrogen) atoms. The minimum atomic E-state index is -0.427. The van der Waals surface area contributed by atoms with Gasteiger partial charge in [-0.1, -0.05) is 0 Å². The topological polar surface area (TPSA) is 43.4 Å². The van der Waals surface area contributed by atoms with Crippen molar-refractivity contribution in [3.8, 4) is 11.5 Å². The van der Waals surface area contributed by atoms with Crippen LogP contribution in [-0.4, -0.2) is 18.2 Å². The van der Waals surface area contributed by atoms with E-state index in [4.69, 9.17) is 9.47 Å². The summed E-state index contributed by atoms with van der Waals surface area (Å²) in [7, 11) is 0. The molecular formula is C13H10BrFN2O2. The zero-order valence-corrected chi connectivity index (χ0v) is 11.4. The Morgan fingerprint density at radius 1 is 1.16 bits per heavy atom. The van der Waals surface area contributed by atoms with E-state index in [1.807, 2.05) is 0 Å².